The number of amides is 2. The number of aromatic nitrogens is 3. The van der Waals surface area contributed by atoms with E-state index in [1.54, 1.807) is 17.2 Å². The molecule has 1 N–H and O–H groups in total. The van der Waals surface area contributed by atoms with Gasteiger partial charge in [-0.1, -0.05) is 6.42 Å². The fourth-order valence-electron chi connectivity index (χ4n) is 3.86. The Bertz CT molecular complexity index is 798. The number of carbonyl (C=O) groups is 2. The van der Waals surface area contributed by atoms with Crippen LogP contribution in [0.1, 0.15) is 43.1 Å². The molecule has 2 aliphatic heterocycles. The first-order chi connectivity index (χ1) is 13.2. The van der Waals surface area contributed by atoms with Gasteiger partial charge in [-0.2, -0.15) is 0 Å². The lowest BCUT2D eigenvalue weighted by Gasteiger charge is -2.15. The third kappa shape index (κ3) is 4.04. The van der Waals surface area contributed by atoms with Crippen LogP contribution in [0.2, 0.25) is 0 Å². The predicted molar refractivity (Wildman–Crippen MR) is 96.5 cm³/mol. The van der Waals surface area contributed by atoms with Crippen LogP contribution in [0, 0.1) is 5.92 Å². The number of aryl methyl sites for hydroxylation is 1. The molecule has 1 atom stereocenters. The number of likely N-dealkylation sites (tertiary alicyclic amines) is 1. The van der Waals surface area contributed by atoms with Gasteiger partial charge in [0.1, 0.15) is 17.4 Å². The molecule has 0 aliphatic carbocycles. The quantitative estimate of drug-likeness (QED) is 0.826. The molecule has 144 valence electrons. The number of carbonyl (C=O) groups excluding carboxylic acids is 2. The van der Waals surface area contributed by atoms with Crippen LogP contribution in [0.3, 0.4) is 0 Å². The number of hydrogen-bond donors (Lipinski definition) is 1. The monoisotopic (exact) mass is 371 g/mol. The number of fused-ring (bicyclic) bond motifs is 1. The molecule has 2 aromatic rings. The molecule has 2 amide bonds. The molecule has 2 aliphatic rings. The van der Waals surface area contributed by atoms with Crippen molar-refractivity contribution in [1.82, 2.24) is 25.0 Å². The molecule has 4 heterocycles. The van der Waals surface area contributed by atoms with E-state index < -0.39 is 0 Å². The maximum absolute atomic E-state index is 12.5. The van der Waals surface area contributed by atoms with Gasteiger partial charge in [0.25, 0.3) is 0 Å². The molecule has 0 spiro atoms. The average molecular weight is 371 g/mol. The first kappa shape index (κ1) is 17.8. The Morgan fingerprint density at radius 1 is 1.30 bits per heavy atom. The lowest BCUT2D eigenvalue weighted by molar-refractivity contribution is -0.129. The van der Waals surface area contributed by atoms with Crippen molar-refractivity contribution in [2.75, 3.05) is 13.1 Å². The lowest BCUT2D eigenvalue weighted by Crippen LogP contribution is -2.34. The Kier molecular flexibility index (Phi) is 5.22. The van der Waals surface area contributed by atoms with Gasteiger partial charge in [0.15, 0.2) is 0 Å². The van der Waals surface area contributed by atoms with Gasteiger partial charge in [-0.25, -0.2) is 0 Å². The van der Waals surface area contributed by atoms with Crippen molar-refractivity contribution in [2.24, 2.45) is 5.92 Å². The molecule has 0 bridgehead atoms. The zero-order chi connectivity index (χ0) is 18.6. The summed E-state index contributed by atoms with van der Waals surface area (Å²) in [6.45, 7) is 2.33. The lowest BCUT2D eigenvalue weighted by atomic mass is 10.1. The second-order valence-electron chi connectivity index (χ2n) is 7.29. The molecule has 0 saturated carbocycles. The van der Waals surface area contributed by atoms with E-state index >= 15 is 0 Å². The van der Waals surface area contributed by atoms with E-state index in [2.05, 4.69) is 20.1 Å². The smallest absolute Gasteiger partial charge is 0.225 e. The van der Waals surface area contributed by atoms with E-state index in [0.29, 0.717) is 26.1 Å². The Morgan fingerprint density at radius 2 is 2.22 bits per heavy atom. The van der Waals surface area contributed by atoms with Crippen molar-refractivity contribution in [3.8, 4) is 0 Å². The first-order valence-corrected chi connectivity index (χ1v) is 9.69. The normalized spacial score (nSPS) is 19.8. The molecular weight excluding hydrogens is 346 g/mol. The fraction of sp³-hybridized carbons (Fsp3) is 0.579. The zero-order valence-electron chi connectivity index (χ0n) is 15.4. The van der Waals surface area contributed by atoms with Crippen LogP contribution in [0.4, 0.5) is 0 Å². The van der Waals surface area contributed by atoms with Gasteiger partial charge < -0.3 is 19.2 Å². The first-order valence-electron chi connectivity index (χ1n) is 9.69. The number of furan rings is 1. The van der Waals surface area contributed by atoms with Crippen molar-refractivity contribution in [3.63, 3.8) is 0 Å². The Labute approximate surface area is 157 Å². The minimum atomic E-state index is -0.303. The molecular formula is C19H25N5O3. The summed E-state index contributed by atoms with van der Waals surface area (Å²) in [7, 11) is 0. The molecule has 8 heteroatoms. The van der Waals surface area contributed by atoms with Gasteiger partial charge in [0, 0.05) is 38.9 Å². The Balaban J connectivity index is 1.26. The predicted octanol–water partition coefficient (Wildman–Crippen LogP) is 1.30. The van der Waals surface area contributed by atoms with Crippen LogP contribution < -0.4 is 5.32 Å². The van der Waals surface area contributed by atoms with Crippen molar-refractivity contribution in [1.29, 1.82) is 0 Å². The molecule has 1 saturated heterocycles. The fourth-order valence-corrected chi connectivity index (χ4v) is 3.86. The van der Waals surface area contributed by atoms with Crippen molar-refractivity contribution >= 4 is 11.8 Å². The molecule has 0 aromatic carbocycles. The molecule has 0 radical (unpaired) electrons. The van der Waals surface area contributed by atoms with Crippen molar-refractivity contribution < 1.29 is 14.0 Å². The summed E-state index contributed by atoms with van der Waals surface area (Å²) in [6.07, 6.45) is 7.03. The van der Waals surface area contributed by atoms with Crippen LogP contribution >= 0.6 is 0 Å². The summed E-state index contributed by atoms with van der Waals surface area (Å²) in [5.74, 6) is 2.35. The Morgan fingerprint density at radius 3 is 3.07 bits per heavy atom. The maximum atomic E-state index is 12.5. The van der Waals surface area contributed by atoms with Crippen LogP contribution in [0.15, 0.2) is 22.8 Å². The summed E-state index contributed by atoms with van der Waals surface area (Å²) in [5.41, 5.74) is 0. The van der Waals surface area contributed by atoms with Crippen LogP contribution in [0.5, 0.6) is 0 Å². The van der Waals surface area contributed by atoms with Crippen LogP contribution in [-0.2, 0) is 35.5 Å². The van der Waals surface area contributed by atoms with Gasteiger partial charge in [-0.15, -0.1) is 10.2 Å². The highest BCUT2D eigenvalue weighted by Crippen LogP contribution is 2.20. The largest absolute Gasteiger partial charge is 0.467 e. The number of hydrogen-bond acceptors (Lipinski definition) is 5. The molecule has 1 fully saturated rings. The topological polar surface area (TPSA) is 93.3 Å². The number of rotatable bonds is 6. The average Bonchev–Trinajstić information content (AvgIpc) is 3.35. The number of nitrogens with zero attached hydrogens (tertiary/aromatic N) is 4. The van der Waals surface area contributed by atoms with Gasteiger partial charge in [-0.05, 0) is 25.0 Å². The second-order valence-corrected chi connectivity index (χ2v) is 7.29. The van der Waals surface area contributed by atoms with Gasteiger partial charge in [-0.3, -0.25) is 9.59 Å². The molecule has 2 aromatic heterocycles. The summed E-state index contributed by atoms with van der Waals surface area (Å²) >= 11 is 0. The van der Waals surface area contributed by atoms with Gasteiger partial charge in [0.2, 0.25) is 11.8 Å². The minimum Gasteiger partial charge on any atom is -0.467 e. The van der Waals surface area contributed by atoms with E-state index in [1.807, 2.05) is 6.07 Å². The number of nitrogens with one attached hydrogen (secondary N) is 1. The third-order valence-corrected chi connectivity index (χ3v) is 5.35. The van der Waals surface area contributed by atoms with E-state index in [0.717, 1.165) is 36.8 Å². The van der Waals surface area contributed by atoms with Crippen molar-refractivity contribution in [2.45, 2.75) is 51.6 Å². The summed E-state index contributed by atoms with van der Waals surface area (Å²) < 4.78 is 7.49. The highest BCUT2D eigenvalue weighted by Gasteiger charge is 2.34. The zero-order valence-corrected chi connectivity index (χ0v) is 15.4. The summed E-state index contributed by atoms with van der Waals surface area (Å²) in [5, 5.41) is 11.5. The van der Waals surface area contributed by atoms with Crippen molar-refractivity contribution in [3.05, 3.63) is 35.8 Å². The highest BCUT2D eigenvalue weighted by molar-refractivity contribution is 5.89. The van der Waals surface area contributed by atoms with Crippen LogP contribution in [0.25, 0.3) is 0 Å². The van der Waals surface area contributed by atoms with Gasteiger partial charge >= 0.3 is 0 Å². The SMILES string of the molecule is O=C(NCCc1nnc2n1CCCCC2)C1CC(=O)N(Cc2ccco2)C1. The summed E-state index contributed by atoms with van der Waals surface area (Å²) in [4.78, 5) is 26.3. The maximum Gasteiger partial charge on any atom is 0.225 e. The second kappa shape index (κ2) is 7.94. The standard InChI is InChI=1S/C19H25N5O3/c25-18-11-14(12-23(18)13-15-5-4-10-27-15)19(26)20-8-7-17-22-21-16-6-2-1-3-9-24(16)17/h4-5,10,14H,1-3,6-9,11-13H2,(H,20,26). The van der Waals surface area contributed by atoms with Crippen LogP contribution in [-0.4, -0.2) is 44.6 Å². The molecule has 4 rings (SSSR count). The molecule has 27 heavy (non-hydrogen) atoms. The summed E-state index contributed by atoms with van der Waals surface area (Å²) in [6, 6.07) is 3.63. The molecule has 8 nitrogen and oxygen atoms in total. The molecule has 1 unspecified atom stereocenters. The van der Waals surface area contributed by atoms with E-state index in [9.17, 15) is 9.59 Å². The van der Waals surface area contributed by atoms with E-state index in [-0.39, 0.29) is 24.2 Å². The van der Waals surface area contributed by atoms with Gasteiger partial charge in [0.05, 0.1) is 18.7 Å². The minimum absolute atomic E-state index is 0.00525. The van der Waals surface area contributed by atoms with E-state index in [4.69, 9.17) is 4.42 Å². The van der Waals surface area contributed by atoms with E-state index in [1.165, 1.54) is 12.8 Å². The highest BCUT2D eigenvalue weighted by atomic mass is 16.3. The third-order valence-electron chi connectivity index (χ3n) is 5.35. The Hall–Kier alpha value is -2.64.